The van der Waals surface area contributed by atoms with Crippen molar-refractivity contribution in [1.29, 1.82) is 5.26 Å². The van der Waals surface area contributed by atoms with Crippen LogP contribution in [0.4, 0.5) is 11.8 Å². The lowest BCUT2D eigenvalue weighted by Crippen LogP contribution is -2.12. The smallest absolute Gasteiger partial charge is 0.231 e. The number of fused-ring (bicyclic) bond motifs is 1. The number of nitriles is 1. The number of rotatable bonds is 5. The van der Waals surface area contributed by atoms with Crippen molar-refractivity contribution in [2.24, 2.45) is 0 Å². The molecular formula is C23H21N5O2. The van der Waals surface area contributed by atoms with Crippen molar-refractivity contribution in [2.75, 3.05) is 5.32 Å². The maximum Gasteiger partial charge on any atom is 0.231 e. The highest BCUT2D eigenvalue weighted by molar-refractivity contribution is 5.76. The van der Waals surface area contributed by atoms with Crippen LogP contribution in [-0.4, -0.2) is 21.2 Å². The molecule has 0 radical (unpaired) electrons. The molecule has 0 aliphatic heterocycles. The number of hydrogen-bond acceptors (Lipinski definition) is 7. The van der Waals surface area contributed by atoms with E-state index in [1.165, 1.54) is 6.20 Å². The summed E-state index contributed by atoms with van der Waals surface area (Å²) in [6, 6.07) is 9.07. The Labute approximate surface area is 174 Å². The summed E-state index contributed by atoms with van der Waals surface area (Å²) < 4.78 is 6.28. The molecule has 1 aliphatic carbocycles. The number of anilines is 2. The highest BCUT2D eigenvalue weighted by Crippen LogP contribution is 2.35. The average Bonchev–Trinajstić information content (AvgIpc) is 2.76. The summed E-state index contributed by atoms with van der Waals surface area (Å²) in [5.74, 6) is 2.19. The van der Waals surface area contributed by atoms with Crippen molar-refractivity contribution < 1.29 is 9.53 Å². The van der Waals surface area contributed by atoms with Crippen LogP contribution in [0.3, 0.4) is 0 Å². The minimum atomic E-state index is 0.405. The van der Waals surface area contributed by atoms with Crippen molar-refractivity contribution in [3.63, 3.8) is 0 Å². The number of aldehydes is 1. The second-order valence-corrected chi connectivity index (χ2v) is 7.36. The average molecular weight is 399 g/mol. The molecule has 0 bridgehead atoms. The van der Waals surface area contributed by atoms with Gasteiger partial charge in [-0.3, -0.25) is 4.79 Å². The topological polar surface area (TPSA) is 101 Å². The number of pyridine rings is 1. The SMILES string of the molecule is Cc1cc(C=O)cc(C)c1Oc1nc(Nc2ccc(C#N)cn2)nc2c1CCCC2. The number of carbonyl (C=O) groups is 1. The maximum atomic E-state index is 11.1. The number of ether oxygens (including phenoxy) is 1. The summed E-state index contributed by atoms with van der Waals surface area (Å²) in [5, 5.41) is 12.0. The zero-order valence-corrected chi connectivity index (χ0v) is 16.9. The Kier molecular flexibility index (Phi) is 5.40. The third-order valence-corrected chi connectivity index (χ3v) is 5.10. The largest absolute Gasteiger partial charge is 0.438 e. The number of carbonyl (C=O) groups excluding carboxylic acids is 1. The second-order valence-electron chi connectivity index (χ2n) is 7.36. The van der Waals surface area contributed by atoms with Gasteiger partial charge in [0.05, 0.1) is 11.3 Å². The highest BCUT2D eigenvalue weighted by atomic mass is 16.5. The van der Waals surface area contributed by atoms with Crippen LogP contribution in [0.5, 0.6) is 11.6 Å². The minimum Gasteiger partial charge on any atom is -0.438 e. The van der Waals surface area contributed by atoms with Crippen molar-refractivity contribution in [3.8, 4) is 17.7 Å². The Morgan fingerprint density at radius 3 is 2.57 bits per heavy atom. The van der Waals surface area contributed by atoms with E-state index in [1.807, 2.05) is 26.0 Å². The van der Waals surface area contributed by atoms with Gasteiger partial charge in [-0.15, -0.1) is 0 Å². The van der Waals surface area contributed by atoms with Gasteiger partial charge in [-0.05, 0) is 74.9 Å². The van der Waals surface area contributed by atoms with Gasteiger partial charge in [-0.2, -0.15) is 10.2 Å². The lowest BCUT2D eigenvalue weighted by atomic mass is 9.97. The van der Waals surface area contributed by atoms with E-state index < -0.39 is 0 Å². The monoisotopic (exact) mass is 399 g/mol. The summed E-state index contributed by atoms with van der Waals surface area (Å²) in [5.41, 5.74) is 4.86. The Morgan fingerprint density at radius 1 is 1.13 bits per heavy atom. The van der Waals surface area contributed by atoms with Gasteiger partial charge in [-0.25, -0.2) is 9.97 Å². The van der Waals surface area contributed by atoms with Crippen molar-refractivity contribution in [2.45, 2.75) is 39.5 Å². The van der Waals surface area contributed by atoms with Crippen LogP contribution < -0.4 is 10.1 Å². The van der Waals surface area contributed by atoms with Gasteiger partial charge in [-0.1, -0.05) is 0 Å². The molecule has 0 amide bonds. The standard InChI is InChI=1S/C23H21N5O2/c1-14-9-17(13-29)10-15(2)21(14)30-22-18-5-3-4-6-19(18)26-23(28-22)27-20-8-7-16(11-24)12-25-20/h7-10,12-13H,3-6H2,1-2H3,(H,25,26,27,28). The van der Waals surface area contributed by atoms with E-state index in [9.17, 15) is 4.79 Å². The van der Waals surface area contributed by atoms with E-state index in [1.54, 1.807) is 12.1 Å². The van der Waals surface area contributed by atoms with E-state index in [0.717, 1.165) is 54.4 Å². The van der Waals surface area contributed by atoms with Gasteiger partial charge in [0, 0.05) is 17.3 Å². The molecule has 7 nitrogen and oxygen atoms in total. The number of benzene rings is 1. The lowest BCUT2D eigenvalue weighted by Gasteiger charge is -2.20. The zero-order valence-electron chi connectivity index (χ0n) is 16.9. The van der Waals surface area contributed by atoms with Crippen molar-refractivity contribution in [3.05, 3.63) is 64.0 Å². The molecule has 1 N–H and O–H groups in total. The third kappa shape index (κ3) is 3.98. The molecule has 0 spiro atoms. The van der Waals surface area contributed by atoms with Crippen LogP contribution in [0.1, 0.15) is 51.1 Å². The van der Waals surface area contributed by atoms with Gasteiger partial charge in [0.1, 0.15) is 23.9 Å². The molecule has 30 heavy (non-hydrogen) atoms. The molecule has 7 heteroatoms. The fraction of sp³-hybridized carbons (Fsp3) is 0.261. The van der Waals surface area contributed by atoms with E-state index in [-0.39, 0.29) is 0 Å². The third-order valence-electron chi connectivity index (χ3n) is 5.10. The normalized spacial score (nSPS) is 12.6. The van der Waals surface area contributed by atoms with Crippen LogP contribution in [0.2, 0.25) is 0 Å². The molecule has 2 aromatic heterocycles. The Bertz CT molecular complexity index is 1130. The Morgan fingerprint density at radius 2 is 1.90 bits per heavy atom. The molecule has 2 heterocycles. The van der Waals surface area contributed by atoms with Gasteiger partial charge in [0.25, 0.3) is 0 Å². The van der Waals surface area contributed by atoms with Crippen molar-refractivity contribution >= 4 is 18.1 Å². The Balaban J connectivity index is 1.71. The number of nitrogens with one attached hydrogen (secondary N) is 1. The number of aromatic nitrogens is 3. The summed E-state index contributed by atoms with van der Waals surface area (Å²) >= 11 is 0. The first-order chi connectivity index (χ1) is 14.6. The van der Waals surface area contributed by atoms with Crippen LogP contribution in [0, 0.1) is 25.2 Å². The molecule has 0 fully saturated rings. The highest BCUT2D eigenvalue weighted by Gasteiger charge is 2.21. The number of nitrogens with zero attached hydrogens (tertiary/aromatic N) is 4. The van der Waals surface area contributed by atoms with Crippen LogP contribution in [0.25, 0.3) is 0 Å². The first-order valence-corrected chi connectivity index (χ1v) is 9.84. The quantitative estimate of drug-likeness (QED) is 0.626. The molecule has 0 atom stereocenters. The molecule has 0 unspecified atom stereocenters. The zero-order chi connectivity index (χ0) is 21.1. The molecule has 0 saturated heterocycles. The predicted molar refractivity (Wildman–Crippen MR) is 112 cm³/mol. The van der Waals surface area contributed by atoms with Gasteiger partial charge in [0.2, 0.25) is 11.8 Å². The fourth-order valence-electron chi connectivity index (χ4n) is 3.66. The van der Waals surface area contributed by atoms with E-state index >= 15 is 0 Å². The Hall–Kier alpha value is -3.79. The molecular weight excluding hydrogens is 378 g/mol. The summed E-state index contributed by atoms with van der Waals surface area (Å²) in [7, 11) is 0. The lowest BCUT2D eigenvalue weighted by molar-refractivity contribution is 0.112. The van der Waals surface area contributed by atoms with Crippen LogP contribution in [-0.2, 0) is 12.8 Å². The van der Waals surface area contributed by atoms with Gasteiger partial charge < -0.3 is 10.1 Å². The van der Waals surface area contributed by atoms with E-state index in [2.05, 4.69) is 26.3 Å². The summed E-state index contributed by atoms with van der Waals surface area (Å²) in [6.45, 7) is 3.84. The molecule has 0 saturated carbocycles. The number of aryl methyl sites for hydroxylation is 3. The maximum absolute atomic E-state index is 11.1. The molecule has 1 aliphatic rings. The minimum absolute atomic E-state index is 0.405. The molecule has 3 aromatic rings. The van der Waals surface area contributed by atoms with E-state index in [4.69, 9.17) is 10.00 Å². The second kappa shape index (κ2) is 8.29. The van der Waals surface area contributed by atoms with Crippen molar-refractivity contribution in [1.82, 2.24) is 15.0 Å². The van der Waals surface area contributed by atoms with Gasteiger partial charge in [0.15, 0.2) is 0 Å². The first kappa shape index (κ1) is 19.5. The predicted octanol–water partition coefficient (Wildman–Crippen LogP) is 4.59. The first-order valence-electron chi connectivity index (χ1n) is 9.84. The molecule has 4 rings (SSSR count). The summed E-state index contributed by atoms with van der Waals surface area (Å²) in [6.07, 6.45) is 6.21. The van der Waals surface area contributed by atoms with E-state index in [0.29, 0.717) is 34.5 Å². The van der Waals surface area contributed by atoms with Gasteiger partial charge >= 0.3 is 0 Å². The number of hydrogen-bond donors (Lipinski definition) is 1. The molecule has 150 valence electrons. The van der Waals surface area contributed by atoms with Crippen LogP contribution >= 0.6 is 0 Å². The fourth-order valence-corrected chi connectivity index (χ4v) is 3.66. The molecule has 1 aromatic carbocycles. The summed E-state index contributed by atoms with van der Waals surface area (Å²) in [4.78, 5) is 24.7. The van der Waals surface area contributed by atoms with Crippen LogP contribution in [0.15, 0.2) is 30.5 Å².